The van der Waals surface area contributed by atoms with Gasteiger partial charge in [0.1, 0.15) is 11.9 Å². The molecule has 0 atom stereocenters. The van der Waals surface area contributed by atoms with E-state index in [2.05, 4.69) is 18.2 Å². The van der Waals surface area contributed by atoms with E-state index in [4.69, 9.17) is 5.26 Å². The molecule has 0 aliphatic carbocycles. The molecule has 0 unspecified atom stereocenters. The van der Waals surface area contributed by atoms with E-state index < -0.39 is 0 Å². The number of hydrogen-bond donors (Lipinski definition) is 0. The van der Waals surface area contributed by atoms with Crippen LogP contribution in [-0.2, 0) is 0 Å². The molecule has 0 aromatic heterocycles. The van der Waals surface area contributed by atoms with Crippen LogP contribution < -0.4 is 0 Å². The van der Waals surface area contributed by atoms with Crippen molar-refractivity contribution in [1.29, 1.82) is 5.26 Å². The molecule has 3 heteroatoms. The van der Waals surface area contributed by atoms with Gasteiger partial charge < -0.3 is 0 Å². The Bertz CT molecular complexity index is 428. The monoisotopic (exact) mass is 199 g/mol. The van der Waals surface area contributed by atoms with Gasteiger partial charge in [-0.15, -0.1) is 0 Å². The maximum Gasteiger partial charge on any atom is 0.129 e. The molecule has 1 aliphatic rings. The highest BCUT2D eigenvalue weighted by atomic mass is 15.2. The molecule has 0 saturated carbocycles. The summed E-state index contributed by atoms with van der Waals surface area (Å²) < 4.78 is 0. The molecule has 15 heavy (non-hydrogen) atoms. The van der Waals surface area contributed by atoms with Gasteiger partial charge in [0.15, 0.2) is 0 Å². The molecule has 1 aliphatic heterocycles. The van der Waals surface area contributed by atoms with Crippen LogP contribution in [0.1, 0.15) is 13.8 Å². The molecule has 0 amide bonds. The Morgan fingerprint density at radius 1 is 1.67 bits per heavy atom. The maximum atomic E-state index is 8.83. The van der Waals surface area contributed by atoms with Gasteiger partial charge >= 0.3 is 0 Å². The smallest absolute Gasteiger partial charge is 0.129 e. The maximum absolute atomic E-state index is 8.83. The van der Waals surface area contributed by atoms with E-state index >= 15 is 0 Å². The zero-order chi connectivity index (χ0) is 11.4. The van der Waals surface area contributed by atoms with Crippen LogP contribution in [0, 0.1) is 11.3 Å². The average molecular weight is 199 g/mol. The molecule has 76 valence electrons. The van der Waals surface area contributed by atoms with E-state index in [1.807, 2.05) is 30.9 Å². The molecule has 3 nitrogen and oxygen atoms in total. The van der Waals surface area contributed by atoms with Crippen molar-refractivity contribution in [2.24, 2.45) is 4.99 Å². The van der Waals surface area contributed by atoms with Crippen LogP contribution in [0.2, 0.25) is 0 Å². The van der Waals surface area contributed by atoms with Crippen LogP contribution >= 0.6 is 0 Å². The molecule has 0 aromatic carbocycles. The highest BCUT2D eigenvalue weighted by Gasteiger charge is 2.18. The Labute approximate surface area is 90.0 Å². The highest BCUT2D eigenvalue weighted by molar-refractivity contribution is 5.77. The molecule has 0 radical (unpaired) electrons. The van der Waals surface area contributed by atoms with Crippen LogP contribution in [0.3, 0.4) is 0 Å². The normalized spacial score (nSPS) is 16.1. The third-order valence-corrected chi connectivity index (χ3v) is 2.17. The summed E-state index contributed by atoms with van der Waals surface area (Å²) in [4.78, 5) is 5.90. The van der Waals surface area contributed by atoms with Gasteiger partial charge in [-0.1, -0.05) is 19.2 Å². The summed E-state index contributed by atoms with van der Waals surface area (Å²) in [7, 11) is 0. The molecule has 0 aromatic rings. The summed E-state index contributed by atoms with van der Waals surface area (Å²) in [5.74, 6) is 0.597. The Morgan fingerprint density at radius 2 is 2.33 bits per heavy atom. The zero-order valence-electron chi connectivity index (χ0n) is 8.99. The molecule has 0 N–H and O–H groups in total. The number of aliphatic imine (C=N–C) groups is 1. The van der Waals surface area contributed by atoms with E-state index in [-0.39, 0.29) is 0 Å². The van der Waals surface area contributed by atoms with Crippen molar-refractivity contribution in [3.05, 3.63) is 48.1 Å². The first-order valence-corrected chi connectivity index (χ1v) is 4.57. The average Bonchev–Trinajstić information content (AvgIpc) is 2.26. The van der Waals surface area contributed by atoms with Crippen molar-refractivity contribution in [2.45, 2.75) is 13.8 Å². The highest BCUT2D eigenvalue weighted by Crippen LogP contribution is 2.26. The Kier molecular flexibility index (Phi) is 3.25. The molecule has 0 spiro atoms. The summed E-state index contributed by atoms with van der Waals surface area (Å²) in [6, 6.07) is 2.03. The van der Waals surface area contributed by atoms with Crippen molar-refractivity contribution >= 4 is 6.21 Å². The second-order valence-corrected chi connectivity index (χ2v) is 3.10. The van der Waals surface area contributed by atoms with Gasteiger partial charge in [0.25, 0.3) is 0 Å². The molecule has 0 bridgehead atoms. The van der Waals surface area contributed by atoms with Crippen molar-refractivity contribution in [3.8, 4) is 6.07 Å². The van der Waals surface area contributed by atoms with Gasteiger partial charge in [0.2, 0.25) is 0 Å². The van der Waals surface area contributed by atoms with Gasteiger partial charge in [-0.3, -0.25) is 4.90 Å². The van der Waals surface area contributed by atoms with Crippen molar-refractivity contribution in [1.82, 2.24) is 4.90 Å². The number of rotatable bonds is 2. The lowest BCUT2D eigenvalue weighted by atomic mass is 10.1. The standard InChI is InChI=1S/C12H13N3/c1-5-10(3)15-11(4)14-7-6-12(15)9(2)8-13/h5-7H,2,4H2,1,3H3/b10-5-. The molecule has 1 rings (SSSR count). The fraction of sp³-hybridized carbons (Fsp3) is 0.167. The van der Waals surface area contributed by atoms with E-state index in [0.717, 1.165) is 11.4 Å². The molecule has 1 heterocycles. The largest absolute Gasteiger partial charge is 0.299 e. The molecular weight excluding hydrogens is 186 g/mol. The van der Waals surface area contributed by atoms with Gasteiger partial charge in [-0.25, -0.2) is 4.99 Å². The van der Waals surface area contributed by atoms with Gasteiger partial charge in [-0.2, -0.15) is 5.26 Å². The number of hydrogen-bond acceptors (Lipinski definition) is 3. The van der Waals surface area contributed by atoms with Gasteiger partial charge in [-0.05, 0) is 19.9 Å². The van der Waals surface area contributed by atoms with Gasteiger partial charge in [0.05, 0.1) is 11.3 Å². The van der Waals surface area contributed by atoms with Crippen LogP contribution in [-0.4, -0.2) is 11.1 Å². The Morgan fingerprint density at radius 3 is 2.87 bits per heavy atom. The lowest BCUT2D eigenvalue weighted by Gasteiger charge is -2.28. The van der Waals surface area contributed by atoms with Crippen molar-refractivity contribution in [3.63, 3.8) is 0 Å². The van der Waals surface area contributed by atoms with Gasteiger partial charge in [0, 0.05) is 11.9 Å². The minimum Gasteiger partial charge on any atom is -0.299 e. The van der Waals surface area contributed by atoms with Crippen LogP contribution in [0.15, 0.2) is 53.1 Å². The minimum absolute atomic E-state index is 0.406. The van der Waals surface area contributed by atoms with E-state index in [0.29, 0.717) is 11.4 Å². The van der Waals surface area contributed by atoms with E-state index in [1.165, 1.54) is 0 Å². The molecule has 0 fully saturated rings. The SMILES string of the molecule is C=C(C#N)C1=CC=NC(=C)N1/C(C)=C\C. The third-order valence-electron chi connectivity index (χ3n) is 2.17. The lowest BCUT2D eigenvalue weighted by Crippen LogP contribution is -2.22. The predicted octanol–water partition coefficient (Wildman–Crippen LogP) is 2.73. The first-order chi connectivity index (χ1) is 7.11. The topological polar surface area (TPSA) is 39.4 Å². The van der Waals surface area contributed by atoms with Crippen LogP contribution in [0.4, 0.5) is 0 Å². The van der Waals surface area contributed by atoms with Crippen molar-refractivity contribution < 1.29 is 0 Å². The summed E-state index contributed by atoms with van der Waals surface area (Å²) in [6.07, 6.45) is 5.32. The first-order valence-electron chi connectivity index (χ1n) is 4.57. The van der Waals surface area contributed by atoms with Crippen LogP contribution in [0.25, 0.3) is 0 Å². The zero-order valence-corrected chi connectivity index (χ0v) is 8.99. The quantitative estimate of drug-likeness (QED) is 0.641. The van der Waals surface area contributed by atoms with Crippen LogP contribution in [0.5, 0.6) is 0 Å². The summed E-state index contributed by atoms with van der Waals surface area (Å²) in [5, 5.41) is 8.83. The first kappa shape index (κ1) is 11.0. The molecule has 0 saturated heterocycles. The molecular formula is C12H13N3. The van der Waals surface area contributed by atoms with E-state index in [1.54, 1.807) is 12.3 Å². The third kappa shape index (κ3) is 2.05. The minimum atomic E-state index is 0.406. The second-order valence-electron chi connectivity index (χ2n) is 3.10. The number of nitriles is 1. The fourth-order valence-corrected chi connectivity index (χ4v) is 1.28. The lowest BCUT2D eigenvalue weighted by molar-refractivity contribution is 0.531. The number of nitrogens with zero attached hydrogens (tertiary/aromatic N) is 3. The van der Waals surface area contributed by atoms with E-state index in [9.17, 15) is 0 Å². The summed E-state index contributed by atoms with van der Waals surface area (Å²) in [6.45, 7) is 11.4. The number of allylic oxidation sites excluding steroid dienone is 4. The fourth-order valence-electron chi connectivity index (χ4n) is 1.28. The Hall–Kier alpha value is -2.08. The Balaban J connectivity index is 3.18. The second kappa shape index (κ2) is 4.43. The summed E-state index contributed by atoms with van der Waals surface area (Å²) in [5.41, 5.74) is 2.11. The predicted molar refractivity (Wildman–Crippen MR) is 61.7 cm³/mol. The summed E-state index contributed by atoms with van der Waals surface area (Å²) >= 11 is 0. The van der Waals surface area contributed by atoms with Crippen molar-refractivity contribution in [2.75, 3.05) is 0 Å².